The van der Waals surface area contributed by atoms with Crippen LogP contribution in [0, 0.1) is 0 Å². The molecular weight excluding hydrogens is 302 g/mol. The number of nitrogens with one attached hydrogen (secondary N) is 1. The fourth-order valence-corrected chi connectivity index (χ4v) is 2.36. The third kappa shape index (κ3) is 3.82. The van der Waals surface area contributed by atoms with Crippen LogP contribution in [0.15, 0.2) is 53.0 Å². The van der Waals surface area contributed by atoms with Gasteiger partial charge in [0, 0.05) is 22.6 Å². The van der Waals surface area contributed by atoms with Gasteiger partial charge >= 0.3 is 0 Å². The van der Waals surface area contributed by atoms with E-state index in [9.17, 15) is 5.11 Å². The minimum Gasteiger partial charge on any atom is -0.508 e. The van der Waals surface area contributed by atoms with Crippen LogP contribution in [-0.2, 0) is 6.54 Å². The molecule has 0 radical (unpaired) electrons. The molecule has 0 bridgehead atoms. The van der Waals surface area contributed by atoms with Crippen molar-refractivity contribution in [2.45, 2.75) is 25.9 Å². The van der Waals surface area contributed by atoms with Gasteiger partial charge in [0.15, 0.2) is 0 Å². The average molecular weight is 320 g/mol. The van der Waals surface area contributed by atoms with Crippen molar-refractivity contribution >= 4 is 15.9 Å². The molecule has 0 heterocycles. The predicted molar refractivity (Wildman–Crippen MR) is 82.1 cm³/mol. The minimum absolute atomic E-state index is 0.171. The largest absolute Gasteiger partial charge is 0.508 e. The zero-order valence-electron chi connectivity index (χ0n) is 10.9. The highest BCUT2D eigenvalue weighted by Gasteiger charge is 2.12. The summed E-state index contributed by atoms with van der Waals surface area (Å²) in [7, 11) is 0. The van der Waals surface area contributed by atoms with E-state index in [0.717, 1.165) is 23.0 Å². The van der Waals surface area contributed by atoms with Gasteiger partial charge in [0.2, 0.25) is 0 Å². The molecule has 0 fully saturated rings. The van der Waals surface area contributed by atoms with E-state index in [1.165, 1.54) is 5.56 Å². The van der Waals surface area contributed by atoms with Crippen molar-refractivity contribution in [2.24, 2.45) is 0 Å². The molecule has 0 saturated carbocycles. The van der Waals surface area contributed by atoms with Gasteiger partial charge in [-0.05, 0) is 30.2 Å². The molecule has 2 aromatic carbocycles. The first-order valence-electron chi connectivity index (χ1n) is 6.46. The third-order valence-corrected chi connectivity index (χ3v) is 3.71. The number of phenolic OH excluding ortho intramolecular Hbond substituents is 1. The standard InChI is InChI=1S/C16H18BrNO/c1-2-15(14-5-3-4-6-16(14)19)18-11-12-7-9-13(17)10-8-12/h3-10,15,18-19H,2,11H2,1H3. The van der Waals surface area contributed by atoms with Crippen LogP contribution >= 0.6 is 15.9 Å². The molecular formula is C16H18BrNO. The molecule has 19 heavy (non-hydrogen) atoms. The fourth-order valence-electron chi connectivity index (χ4n) is 2.10. The maximum absolute atomic E-state index is 9.90. The monoisotopic (exact) mass is 319 g/mol. The van der Waals surface area contributed by atoms with Crippen molar-refractivity contribution in [3.8, 4) is 5.75 Å². The van der Waals surface area contributed by atoms with Gasteiger partial charge in [-0.2, -0.15) is 0 Å². The second kappa shape index (κ2) is 6.73. The lowest BCUT2D eigenvalue weighted by Crippen LogP contribution is -2.20. The molecule has 1 atom stereocenters. The third-order valence-electron chi connectivity index (χ3n) is 3.19. The summed E-state index contributed by atoms with van der Waals surface area (Å²) in [5, 5.41) is 13.4. The molecule has 100 valence electrons. The zero-order chi connectivity index (χ0) is 13.7. The lowest BCUT2D eigenvalue weighted by atomic mass is 10.0. The van der Waals surface area contributed by atoms with Crippen LogP contribution in [-0.4, -0.2) is 5.11 Å². The topological polar surface area (TPSA) is 32.3 Å². The summed E-state index contributed by atoms with van der Waals surface area (Å²) < 4.78 is 1.09. The summed E-state index contributed by atoms with van der Waals surface area (Å²) in [6.07, 6.45) is 0.939. The number of hydrogen-bond donors (Lipinski definition) is 2. The Hall–Kier alpha value is -1.32. The van der Waals surface area contributed by atoms with Crippen molar-refractivity contribution in [2.75, 3.05) is 0 Å². The van der Waals surface area contributed by atoms with Crippen molar-refractivity contribution in [3.05, 3.63) is 64.1 Å². The van der Waals surface area contributed by atoms with Crippen LogP contribution in [0.2, 0.25) is 0 Å². The van der Waals surface area contributed by atoms with E-state index in [1.807, 2.05) is 30.3 Å². The van der Waals surface area contributed by atoms with Gasteiger partial charge in [-0.3, -0.25) is 0 Å². The van der Waals surface area contributed by atoms with E-state index in [2.05, 4.69) is 40.3 Å². The molecule has 2 rings (SSSR count). The Bertz CT molecular complexity index is 525. The highest BCUT2D eigenvalue weighted by atomic mass is 79.9. The van der Waals surface area contributed by atoms with Gasteiger partial charge in [0.25, 0.3) is 0 Å². The number of hydrogen-bond acceptors (Lipinski definition) is 2. The van der Waals surface area contributed by atoms with Crippen molar-refractivity contribution in [1.82, 2.24) is 5.32 Å². The molecule has 2 nitrogen and oxygen atoms in total. The van der Waals surface area contributed by atoms with Crippen molar-refractivity contribution in [1.29, 1.82) is 0 Å². The Morgan fingerprint density at radius 1 is 1.11 bits per heavy atom. The summed E-state index contributed by atoms with van der Waals surface area (Å²) in [5.74, 6) is 0.359. The number of benzene rings is 2. The van der Waals surface area contributed by atoms with Crippen LogP contribution < -0.4 is 5.32 Å². The van der Waals surface area contributed by atoms with E-state index < -0.39 is 0 Å². The first kappa shape index (κ1) is 14.1. The summed E-state index contributed by atoms with van der Waals surface area (Å²) in [5.41, 5.74) is 2.19. The lowest BCUT2D eigenvalue weighted by Gasteiger charge is -2.18. The van der Waals surface area contributed by atoms with Crippen LogP contribution in [0.5, 0.6) is 5.75 Å². The van der Waals surface area contributed by atoms with E-state index in [-0.39, 0.29) is 6.04 Å². The van der Waals surface area contributed by atoms with Crippen molar-refractivity contribution < 1.29 is 5.11 Å². The van der Waals surface area contributed by atoms with Crippen LogP contribution in [0.4, 0.5) is 0 Å². The van der Waals surface area contributed by atoms with Gasteiger partial charge in [0.05, 0.1) is 0 Å². The number of rotatable bonds is 5. The summed E-state index contributed by atoms with van der Waals surface area (Å²) in [6.45, 7) is 2.91. The molecule has 2 aromatic rings. The second-order valence-corrected chi connectivity index (χ2v) is 5.44. The van der Waals surface area contributed by atoms with E-state index >= 15 is 0 Å². The quantitative estimate of drug-likeness (QED) is 0.856. The Balaban J connectivity index is 2.04. The Labute approximate surface area is 122 Å². The molecule has 0 aromatic heterocycles. The zero-order valence-corrected chi connectivity index (χ0v) is 12.5. The summed E-state index contributed by atoms with van der Waals surface area (Å²) >= 11 is 3.43. The SMILES string of the molecule is CCC(NCc1ccc(Br)cc1)c1ccccc1O. The molecule has 1 unspecified atom stereocenters. The van der Waals surface area contributed by atoms with Crippen LogP contribution in [0.3, 0.4) is 0 Å². The van der Waals surface area contributed by atoms with Crippen LogP contribution in [0.25, 0.3) is 0 Å². The molecule has 0 saturated heterocycles. The Morgan fingerprint density at radius 3 is 2.42 bits per heavy atom. The summed E-state index contributed by atoms with van der Waals surface area (Å²) in [6, 6.07) is 15.9. The van der Waals surface area contributed by atoms with Crippen molar-refractivity contribution in [3.63, 3.8) is 0 Å². The van der Waals surface area contributed by atoms with E-state index in [4.69, 9.17) is 0 Å². The van der Waals surface area contributed by atoms with E-state index in [0.29, 0.717) is 5.75 Å². The first-order valence-corrected chi connectivity index (χ1v) is 7.25. The number of para-hydroxylation sites is 1. The molecule has 3 heteroatoms. The average Bonchev–Trinajstić information content (AvgIpc) is 2.43. The highest BCUT2D eigenvalue weighted by molar-refractivity contribution is 9.10. The predicted octanol–water partition coefficient (Wildman–Crippen LogP) is 4.40. The van der Waals surface area contributed by atoms with Gasteiger partial charge in [0.1, 0.15) is 5.75 Å². The Kier molecular flexibility index (Phi) is 5.00. The molecule has 0 amide bonds. The highest BCUT2D eigenvalue weighted by Crippen LogP contribution is 2.26. The molecule has 0 aliphatic heterocycles. The summed E-state index contributed by atoms with van der Waals surface area (Å²) in [4.78, 5) is 0. The molecule has 0 spiro atoms. The maximum Gasteiger partial charge on any atom is 0.120 e. The van der Waals surface area contributed by atoms with Gasteiger partial charge in [-0.25, -0.2) is 0 Å². The van der Waals surface area contributed by atoms with E-state index in [1.54, 1.807) is 6.07 Å². The number of halogens is 1. The van der Waals surface area contributed by atoms with Gasteiger partial charge in [-0.1, -0.05) is 53.2 Å². The molecule has 2 N–H and O–H groups in total. The molecule has 0 aliphatic rings. The second-order valence-electron chi connectivity index (χ2n) is 4.53. The number of phenols is 1. The first-order chi connectivity index (χ1) is 9.20. The Morgan fingerprint density at radius 2 is 1.79 bits per heavy atom. The minimum atomic E-state index is 0.171. The van der Waals surface area contributed by atoms with Gasteiger partial charge < -0.3 is 10.4 Å². The lowest BCUT2D eigenvalue weighted by molar-refractivity contribution is 0.441. The number of aromatic hydroxyl groups is 1. The molecule has 0 aliphatic carbocycles. The smallest absolute Gasteiger partial charge is 0.120 e. The van der Waals surface area contributed by atoms with Gasteiger partial charge in [-0.15, -0.1) is 0 Å². The normalized spacial score (nSPS) is 12.3. The van der Waals surface area contributed by atoms with Crippen LogP contribution in [0.1, 0.15) is 30.5 Å². The maximum atomic E-state index is 9.90. The fraction of sp³-hybridized carbons (Fsp3) is 0.250.